The van der Waals surface area contributed by atoms with Crippen molar-refractivity contribution in [3.8, 4) is 0 Å². The first kappa shape index (κ1) is 26.0. The van der Waals surface area contributed by atoms with Gasteiger partial charge in [-0.2, -0.15) is 8.78 Å². The summed E-state index contributed by atoms with van der Waals surface area (Å²) in [6.45, 7) is -0.532. The lowest BCUT2D eigenvalue weighted by Gasteiger charge is -2.41. The number of carbonyl (C=O) groups is 4. The summed E-state index contributed by atoms with van der Waals surface area (Å²) in [6, 6.07) is 4.54. The second kappa shape index (κ2) is 9.10. The van der Waals surface area contributed by atoms with Crippen molar-refractivity contribution in [2.75, 3.05) is 0 Å². The summed E-state index contributed by atoms with van der Waals surface area (Å²) in [5, 5.41) is 2.35. The Bertz CT molecular complexity index is 1310. The molecule has 2 N–H and O–H groups in total. The van der Waals surface area contributed by atoms with E-state index in [1.54, 1.807) is 0 Å². The maximum absolute atomic E-state index is 14.6. The standard InChI is InChI=1S/C22H14B4ClF2N3O4/c23-13-7-11-16(22(25,26)32(19(11)35)14-5-6-15(33)31-18(14)34)17(24)12(13)8-30-20(36)21(28,29)9-1-3-10(27)4-2-9/h1-4,7,14H,5-6,8H2,(H,30,36)(H,31,33,34). The number of nitrogens with zero attached hydrogens (tertiary/aromatic N) is 1. The number of carbonyl (C=O) groups excluding carboxylic acids is 4. The fraction of sp³-hybridized carbons (Fsp3) is 0.273. The number of piperidine rings is 1. The van der Waals surface area contributed by atoms with Crippen LogP contribution in [-0.4, -0.2) is 66.0 Å². The molecule has 14 heteroatoms. The molecule has 8 radical (unpaired) electrons. The van der Waals surface area contributed by atoms with Crippen molar-refractivity contribution in [1.82, 2.24) is 15.5 Å². The first-order valence-electron chi connectivity index (χ1n) is 10.6. The number of amides is 4. The Morgan fingerprint density at radius 3 is 2.44 bits per heavy atom. The van der Waals surface area contributed by atoms with Crippen LogP contribution in [0.5, 0.6) is 0 Å². The molecule has 2 aromatic rings. The van der Waals surface area contributed by atoms with Gasteiger partial charge in [-0.25, -0.2) is 0 Å². The SMILES string of the molecule is [B]c1cc2c(c([B])c1CNC(=O)C(F)(F)c1ccc(Cl)cc1)C([B])([B])N(C1CCC(=O)NC1=O)C2=O. The van der Waals surface area contributed by atoms with E-state index in [0.29, 0.717) is 0 Å². The van der Waals surface area contributed by atoms with Crippen molar-refractivity contribution in [2.45, 2.75) is 36.7 Å². The van der Waals surface area contributed by atoms with Crippen LogP contribution in [-0.2, 0) is 32.2 Å². The van der Waals surface area contributed by atoms with Crippen LogP contribution < -0.4 is 21.6 Å². The van der Waals surface area contributed by atoms with Crippen LogP contribution >= 0.6 is 11.6 Å². The highest BCUT2D eigenvalue weighted by Crippen LogP contribution is 2.37. The molecule has 4 rings (SSSR count). The van der Waals surface area contributed by atoms with Crippen LogP contribution in [0.25, 0.3) is 0 Å². The Morgan fingerprint density at radius 2 is 1.83 bits per heavy atom. The van der Waals surface area contributed by atoms with Gasteiger partial charge in [0, 0.05) is 29.1 Å². The van der Waals surface area contributed by atoms with E-state index < -0.39 is 53.0 Å². The van der Waals surface area contributed by atoms with Gasteiger partial charge in [0.15, 0.2) is 0 Å². The third-order valence-electron chi connectivity index (χ3n) is 6.20. The van der Waals surface area contributed by atoms with Gasteiger partial charge in [0.25, 0.3) is 11.8 Å². The molecular formula is C22H14B4ClF2N3O4. The van der Waals surface area contributed by atoms with E-state index in [4.69, 9.17) is 43.0 Å². The summed E-state index contributed by atoms with van der Waals surface area (Å²) in [5.41, 5.74) is -1.02. The zero-order valence-electron chi connectivity index (χ0n) is 18.6. The van der Waals surface area contributed by atoms with Crippen molar-refractivity contribution in [3.63, 3.8) is 0 Å². The minimum absolute atomic E-state index is 0.00667. The minimum atomic E-state index is -3.89. The number of benzene rings is 2. The zero-order valence-corrected chi connectivity index (χ0v) is 19.4. The van der Waals surface area contributed by atoms with E-state index in [1.807, 2.05) is 0 Å². The summed E-state index contributed by atoms with van der Waals surface area (Å²) < 4.78 is 29.3. The highest BCUT2D eigenvalue weighted by Gasteiger charge is 2.49. The smallest absolute Gasteiger partial charge is 0.347 e. The number of hydrogen-bond acceptors (Lipinski definition) is 4. The van der Waals surface area contributed by atoms with Crippen molar-refractivity contribution in [3.05, 3.63) is 57.6 Å². The van der Waals surface area contributed by atoms with Gasteiger partial charge in [0.2, 0.25) is 11.8 Å². The molecule has 2 aliphatic rings. The van der Waals surface area contributed by atoms with Crippen LogP contribution in [0.1, 0.15) is 39.9 Å². The average molecular weight is 501 g/mol. The molecule has 0 bridgehead atoms. The van der Waals surface area contributed by atoms with Crippen molar-refractivity contribution in [1.29, 1.82) is 0 Å². The van der Waals surface area contributed by atoms with E-state index in [-0.39, 0.29) is 45.5 Å². The van der Waals surface area contributed by atoms with Crippen molar-refractivity contribution < 1.29 is 28.0 Å². The second-order valence-electron chi connectivity index (χ2n) is 8.51. The molecule has 174 valence electrons. The van der Waals surface area contributed by atoms with E-state index >= 15 is 0 Å². The van der Waals surface area contributed by atoms with Crippen LogP contribution in [0.3, 0.4) is 0 Å². The molecule has 1 fully saturated rings. The van der Waals surface area contributed by atoms with E-state index in [2.05, 4.69) is 10.6 Å². The van der Waals surface area contributed by atoms with Crippen molar-refractivity contribution >= 4 is 77.5 Å². The molecule has 1 unspecified atom stereocenters. The maximum atomic E-state index is 14.6. The largest absolute Gasteiger partial charge is 0.349 e. The summed E-state index contributed by atoms with van der Waals surface area (Å²) in [5.74, 6) is -7.52. The number of nitrogens with one attached hydrogen (secondary N) is 2. The quantitative estimate of drug-likeness (QED) is 0.408. The van der Waals surface area contributed by atoms with Crippen LogP contribution in [0, 0.1) is 0 Å². The Hall–Kier alpha value is -3.07. The van der Waals surface area contributed by atoms with Gasteiger partial charge in [0.1, 0.15) is 21.7 Å². The molecule has 4 amide bonds. The van der Waals surface area contributed by atoms with Gasteiger partial charge in [0.05, 0.1) is 15.7 Å². The van der Waals surface area contributed by atoms with E-state index in [9.17, 15) is 28.0 Å². The van der Waals surface area contributed by atoms with Gasteiger partial charge in [-0.05, 0) is 35.0 Å². The highest BCUT2D eigenvalue weighted by atomic mass is 35.5. The van der Waals surface area contributed by atoms with E-state index in [1.165, 1.54) is 18.2 Å². The van der Waals surface area contributed by atoms with Gasteiger partial charge >= 0.3 is 5.92 Å². The van der Waals surface area contributed by atoms with Gasteiger partial charge in [-0.15, -0.1) is 0 Å². The molecule has 0 saturated carbocycles. The number of rotatable bonds is 5. The first-order chi connectivity index (χ1) is 16.8. The normalized spacial score (nSPS) is 19.1. The molecule has 1 saturated heterocycles. The lowest BCUT2D eigenvalue weighted by atomic mass is 9.54. The van der Waals surface area contributed by atoms with E-state index in [0.717, 1.165) is 17.0 Å². The molecule has 1 atom stereocenters. The van der Waals surface area contributed by atoms with Gasteiger partial charge in [-0.3, -0.25) is 24.5 Å². The van der Waals surface area contributed by atoms with Crippen LogP contribution in [0.2, 0.25) is 5.02 Å². The average Bonchev–Trinajstić information content (AvgIpc) is 2.99. The molecule has 7 nitrogen and oxygen atoms in total. The molecule has 0 spiro atoms. The number of halogens is 3. The minimum Gasteiger partial charge on any atom is -0.347 e. The predicted molar refractivity (Wildman–Crippen MR) is 130 cm³/mol. The Labute approximate surface area is 215 Å². The van der Waals surface area contributed by atoms with Gasteiger partial charge < -0.3 is 10.2 Å². The molecule has 2 aliphatic heterocycles. The second-order valence-corrected chi connectivity index (χ2v) is 8.95. The molecular weight excluding hydrogens is 487 g/mol. The highest BCUT2D eigenvalue weighted by molar-refractivity contribution is 6.48. The number of alkyl halides is 2. The van der Waals surface area contributed by atoms with Gasteiger partial charge in [-0.1, -0.05) is 40.7 Å². The number of imide groups is 1. The molecule has 0 aliphatic carbocycles. The predicted octanol–water partition coefficient (Wildman–Crippen LogP) is -0.956. The maximum Gasteiger partial charge on any atom is 0.349 e. The van der Waals surface area contributed by atoms with Crippen LogP contribution in [0.4, 0.5) is 8.78 Å². The fourth-order valence-corrected chi connectivity index (χ4v) is 4.51. The first-order valence-corrected chi connectivity index (χ1v) is 11.0. The molecule has 0 aromatic heterocycles. The Balaban J connectivity index is 1.62. The lowest BCUT2D eigenvalue weighted by Crippen LogP contribution is -2.59. The summed E-state index contributed by atoms with van der Waals surface area (Å²) >= 11 is 5.71. The summed E-state index contributed by atoms with van der Waals surface area (Å²) in [4.78, 5) is 50.3. The molecule has 36 heavy (non-hydrogen) atoms. The third-order valence-corrected chi connectivity index (χ3v) is 6.45. The summed E-state index contributed by atoms with van der Waals surface area (Å²) in [7, 11) is 24.8. The third kappa shape index (κ3) is 4.23. The number of fused-ring (bicyclic) bond motifs is 1. The summed E-state index contributed by atoms with van der Waals surface area (Å²) in [6.07, 6.45) is -0.0536. The molecule has 2 heterocycles. The fourth-order valence-electron chi connectivity index (χ4n) is 4.38. The topological polar surface area (TPSA) is 95.6 Å². The van der Waals surface area contributed by atoms with Crippen LogP contribution in [0.15, 0.2) is 30.3 Å². The lowest BCUT2D eigenvalue weighted by molar-refractivity contribution is -0.147. The Morgan fingerprint density at radius 1 is 1.19 bits per heavy atom. The zero-order chi connectivity index (χ0) is 26.6. The Kier molecular flexibility index (Phi) is 6.58. The number of hydrogen-bond donors (Lipinski definition) is 2. The van der Waals surface area contributed by atoms with Crippen molar-refractivity contribution in [2.24, 2.45) is 0 Å². The monoisotopic (exact) mass is 501 g/mol. The molecule has 2 aromatic carbocycles.